The maximum atomic E-state index is 12.9. The molecule has 1 fully saturated rings. The number of thioether (sulfide) groups is 1. The second kappa shape index (κ2) is 8.95. The number of benzene rings is 2. The normalized spacial score (nSPS) is 21.1. The van der Waals surface area contributed by atoms with Gasteiger partial charge in [-0.3, -0.25) is 15.0 Å². The number of hydrazine groups is 1. The number of imide groups is 1. The molecule has 2 N–H and O–H groups in total. The maximum absolute atomic E-state index is 12.9. The Hall–Kier alpha value is -4.06. The molecule has 0 aliphatic carbocycles. The number of aromatic nitrogens is 3. The van der Waals surface area contributed by atoms with Crippen molar-refractivity contribution >= 4 is 29.6 Å². The van der Waals surface area contributed by atoms with Crippen molar-refractivity contribution in [1.82, 2.24) is 30.5 Å². The highest BCUT2D eigenvalue weighted by atomic mass is 32.2. The zero-order valence-electron chi connectivity index (χ0n) is 18.9. The second-order valence-corrected chi connectivity index (χ2v) is 9.09. The zero-order chi connectivity index (χ0) is 24.6. The lowest BCUT2D eigenvalue weighted by Gasteiger charge is -2.25. The Labute approximate surface area is 204 Å². The predicted molar refractivity (Wildman–Crippen MR) is 124 cm³/mol. The van der Waals surface area contributed by atoms with Crippen molar-refractivity contribution in [3.8, 4) is 11.5 Å². The Morgan fingerprint density at radius 2 is 1.86 bits per heavy atom. The molecule has 2 atom stereocenters. The summed E-state index contributed by atoms with van der Waals surface area (Å²) >= 11 is 1.12. The number of carbonyl (C=O) groups is 3. The molecule has 4 amide bonds. The van der Waals surface area contributed by atoms with E-state index in [0.29, 0.717) is 33.1 Å². The van der Waals surface area contributed by atoms with Crippen LogP contribution in [0.2, 0.25) is 0 Å². The molecule has 1 aromatic heterocycles. The number of fused-ring (bicyclic) bond motifs is 1. The van der Waals surface area contributed by atoms with Gasteiger partial charge in [-0.15, -0.1) is 10.2 Å². The maximum Gasteiger partial charge on any atom is 0.344 e. The highest BCUT2D eigenvalue weighted by Crippen LogP contribution is 2.36. The summed E-state index contributed by atoms with van der Waals surface area (Å²) in [5.74, 6) is 0.650. The monoisotopic (exact) mass is 494 g/mol. The molecule has 0 bridgehead atoms. The lowest BCUT2D eigenvalue weighted by Crippen LogP contribution is -2.48. The first kappa shape index (κ1) is 22.7. The molecule has 2 aromatic carbocycles. The summed E-state index contributed by atoms with van der Waals surface area (Å²) in [4.78, 5) is 37.9. The Bertz CT molecular complexity index is 1300. The molecular weight excluding hydrogens is 472 g/mol. The third-order valence-electron chi connectivity index (χ3n) is 5.78. The van der Waals surface area contributed by atoms with E-state index in [1.165, 1.54) is 0 Å². The van der Waals surface area contributed by atoms with Gasteiger partial charge in [0.1, 0.15) is 12.1 Å². The van der Waals surface area contributed by atoms with Crippen LogP contribution in [0.4, 0.5) is 4.79 Å². The number of urea groups is 1. The molecule has 0 unspecified atom stereocenters. The highest BCUT2D eigenvalue weighted by Gasteiger charge is 2.50. The van der Waals surface area contributed by atoms with E-state index in [4.69, 9.17) is 9.47 Å². The number of amides is 4. The van der Waals surface area contributed by atoms with Crippen LogP contribution >= 0.6 is 11.8 Å². The van der Waals surface area contributed by atoms with E-state index >= 15 is 0 Å². The van der Waals surface area contributed by atoms with Crippen molar-refractivity contribution < 1.29 is 23.9 Å². The fourth-order valence-electron chi connectivity index (χ4n) is 3.87. The summed E-state index contributed by atoms with van der Waals surface area (Å²) in [5, 5.41) is 12.2. The lowest BCUT2D eigenvalue weighted by atomic mass is 9.92. The molecule has 2 aliphatic heterocycles. The highest BCUT2D eigenvalue weighted by molar-refractivity contribution is 7.99. The molecule has 0 saturated carbocycles. The average molecular weight is 495 g/mol. The summed E-state index contributed by atoms with van der Waals surface area (Å²) in [5.41, 5.74) is 1.74. The Balaban J connectivity index is 1.20. The molecule has 11 nitrogen and oxygen atoms in total. The van der Waals surface area contributed by atoms with Gasteiger partial charge in [-0.25, -0.2) is 4.79 Å². The van der Waals surface area contributed by atoms with Crippen molar-refractivity contribution in [3.05, 3.63) is 66.0 Å². The number of nitrogens with zero attached hydrogens (tertiary/aromatic N) is 4. The number of hydrogen-bond acceptors (Lipinski definition) is 8. The first-order chi connectivity index (χ1) is 16.9. The van der Waals surface area contributed by atoms with Gasteiger partial charge in [0, 0.05) is 7.05 Å². The molecule has 2 aliphatic rings. The SMILES string of the molecule is Cn1c(SCC(=O)NN2C(=O)N[C@](C)(c3ccccc3)C2=O)nnc1[C@@H]1COc2ccccc2O1. The Kier molecular flexibility index (Phi) is 5.81. The quantitative estimate of drug-likeness (QED) is 0.393. The van der Waals surface area contributed by atoms with E-state index in [2.05, 4.69) is 20.9 Å². The third kappa shape index (κ3) is 4.16. The molecule has 1 saturated heterocycles. The predicted octanol–water partition coefficient (Wildman–Crippen LogP) is 1.92. The summed E-state index contributed by atoms with van der Waals surface area (Å²) in [6.07, 6.45) is -0.452. The largest absolute Gasteiger partial charge is 0.485 e. The van der Waals surface area contributed by atoms with Crippen LogP contribution in [0, 0.1) is 0 Å². The van der Waals surface area contributed by atoms with Gasteiger partial charge in [-0.1, -0.05) is 54.2 Å². The zero-order valence-corrected chi connectivity index (χ0v) is 19.7. The van der Waals surface area contributed by atoms with E-state index < -0.39 is 29.5 Å². The van der Waals surface area contributed by atoms with Crippen LogP contribution < -0.4 is 20.2 Å². The van der Waals surface area contributed by atoms with Crippen molar-refractivity contribution in [2.24, 2.45) is 7.05 Å². The molecule has 3 heterocycles. The molecule has 0 radical (unpaired) electrons. The Morgan fingerprint density at radius 3 is 2.63 bits per heavy atom. The molecular formula is C23H22N6O5S. The third-order valence-corrected chi connectivity index (χ3v) is 6.80. The molecule has 5 rings (SSSR count). The van der Waals surface area contributed by atoms with Crippen molar-refractivity contribution in [3.63, 3.8) is 0 Å². The van der Waals surface area contributed by atoms with E-state index in [1.807, 2.05) is 30.3 Å². The van der Waals surface area contributed by atoms with Crippen LogP contribution in [0.25, 0.3) is 0 Å². The fraction of sp³-hybridized carbons (Fsp3) is 0.261. The number of nitrogens with one attached hydrogen (secondary N) is 2. The van der Waals surface area contributed by atoms with Gasteiger partial charge in [0.25, 0.3) is 5.91 Å². The van der Waals surface area contributed by atoms with Crippen molar-refractivity contribution in [2.75, 3.05) is 12.4 Å². The molecule has 12 heteroatoms. The second-order valence-electron chi connectivity index (χ2n) is 8.15. The number of hydrogen-bond donors (Lipinski definition) is 2. The first-order valence-corrected chi connectivity index (χ1v) is 11.8. The molecule has 180 valence electrons. The van der Waals surface area contributed by atoms with Crippen molar-refractivity contribution in [1.29, 1.82) is 0 Å². The van der Waals surface area contributed by atoms with Crippen molar-refractivity contribution in [2.45, 2.75) is 23.7 Å². The smallest absolute Gasteiger partial charge is 0.344 e. The van der Waals surface area contributed by atoms with Gasteiger partial charge in [0.15, 0.2) is 28.6 Å². The lowest BCUT2D eigenvalue weighted by molar-refractivity contribution is -0.138. The van der Waals surface area contributed by atoms with Gasteiger partial charge in [-0.2, -0.15) is 5.01 Å². The van der Waals surface area contributed by atoms with E-state index in [1.54, 1.807) is 42.8 Å². The van der Waals surface area contributed by atoms with Crippen LogP contribution in [0.1, 0.15) is 24.4 Å². The van der Waals surface area contributed by atoms with Crippen LogP contribution in [0.5, 0.6) is 11.5 Å². The number of para-hydroxylation sites is 2. The molecule has 0 spiro atoms. The number of carbonyl (C=O) groups excluding carboxylic acids is 3. The molecule has 35 heavy (non-hydrogen) atoms. The van der Waals surface area contributed by atoms with Gasteiger partial charge >= 0.3 is 6.03 Å². The number of rotatable bonds is 6. The van der Waals surface area contributed by atoms with Crippen LogP contribution in [0.3, 0.4) is 0 Å². The standard InChI is InChI=1S/C23H22N6O5S/c1-23(14-8-4-3-5-9-14)20(31)29(21(32)24-23)27-18(30)13-35-22-26-25-19(28(22)2)17-12-33-15-10-6-7-11-16(15)34-17/h3-11,17H,12-13H2,1-2H3,(H,24,32)(H,27,30)/t17-,23+/m0/s1. The summed E-state index contributed by atoms with van der Waals surface area (Å²) < 4.78 is 13.4. The minimum absolute atomic E-state index is 0.0874. The fourth-order valence-corrected chi connectivity index (χ4v) is 4.58. The van der Waals surface area contributed by atoms with E-state index in [-0.39, 0.29) is 12.4 Å². The summed E-state index contributed by atoms with van der Waals surface area (Å²) in [6, 6.07) is 15.5. The van der Waals surface area contributed by atoms with Crippen LogP contribution in [0.15, 0.2) is 59.8 Å². The first-order valence-electron chi connectivity index (χ1n) is 10.8. The topological polar surface area (TPSA) is 128 Å². The minimum atomic E-state index is -1.27. The van der Waals surface area contributed by atoms with Gasteiger partial charge < -0.3 is 19.4 Å². The molecule has 3 aromatic rings. The Morgan fingerprint density at radius 1 is 1.14 bits per heavy atom. The number of ether oxygens (including phenoxy) is 2. The van der Waals surface area contributed by atoms with Crippen LogP contribution in [-0.2, 0) is 22.2 Å². The van der Waals surface area contributed by atoms with E-state index in [0.717, 1.165) is 11.8 Å². The van der Waals surface area contributed by atoms with Gasteiger partial charge in [-0.05, 0) is 24.6 Å². The van der Waals surface area contributed by atoms with Gasteiger partial charge in [0.2, 0.25) is 5.91 Å². The minimum Gasteiger partial charge on any atom is -0.485 e. The summed E-state index contributed by atoms with van der Waals surface area (Å²) in [6.45, 7) is 1.88. The van der Waals surface area contributed by atoms with Crippen LogP contribution in [-0.4, -0.2) is 50.0 Å². The average Bonchev–Trinajstić information content (AvgIpc) is 3.35. The van der Waals surface area contributed by atoms with E-state index in [9.17, 15) is 14.4 Å². The summed E-state index contributed by atoms with van der Waals surface area (Å²) in [7, 11) is 1.77. The van der Waals surface area contributed by atoms with Gasteiger partial charge in [0.05, 0.1) is 5.75 Å².